The van der Waals surface area contributed by atoms with Crippen molar-refractivity contribution in [1.82, 2.24) is 10.3 Å². The van der Waals surface area contributed by atoms with Gasteiger partial charge in [0.25, 0.3) is 0 Å². The predicted molar refractivity (Wildman–Crippen MR) is 53.5 cm³/mol. The average molecular weight is 173 g/mol. The molecule has 0 fully saturated rings. The van der Waals surface area contributed by atoms with Crippen LogP contribution in [-0.4, -0.2) is 23.3 Å². The lowest BCUT2D eigenvalue weighted by atomic mass is 10.2. The zero-order chi connectivity index (χ0) is 9.72. The lowest BCUT2D eigenvalue weighted by Gasteiger charge is -2.32. The zero-order valence-electron chi connectivity index (χ0n) is 8.96. The Bertz CT molecular complexity index is 112. The van der Waals surface area contributed by atoms with E-state index in [-0.39, 0.29) is 0 Å². The Hall–Kier alpha value is -0.120. The quantitative estimate of drug-likeness (QED) is 0.374. The van der Waals surface area contributed by atoms with Gasteiger partial charge in [-0.2, -0.15) is 0 Å². The van der Waals surface area contributed by atoms with Crippen LogP contribution in [0, 0.1) is 0 Å². The topological polar surface area (TPSA) is 41.3 Å². The third-order valence-corrected chi connectivity index (χ3v) is 1.87. The van der Waals surface area contributed by atoms with Crippen LogP contribution < -0.4 is 11.2 Å². The first-order valence-corrected chi connectivity index (χ1v) is 4.78. The fourth-order valence-electron chi connectivity index (χ4n) is 1.16. The van der Waals surface area contributed by atoms with Gasteiger partial charge < -0.3 is 0 Å². The minimum absolute atomic E-state index is 0.296. The minimum Gasteiger partial charge on any atom is -0.298 e. The minimum atomic E-state index is 0.296. The Morgan fingerprint density at radius 3 is 2.00 bits per heavy atom. The normalized spacial score (nSPS) is 14.8. The zero-order valence-corrected chi connectivity index (χ0v) is 8.96. The third kappa shape index (κ3) is 4.04. The van der Waals surface area contributed by atoms with Crippen molar-refractivity contribution in [3.05, 3.63) is 0 Å². The first-order valence-electron chi connectivity index (χ1n) is 4.78. The van der Waals surface area contributed by atoms with Crippen LogP contribution in [0.1, 0.15) is 41.0 Å². The number of hydrogen-bond acceptors (Lipinski definition) is 3. The molecule has 74 valence electrons. The molecule has 3 nitrogen and oxygen atoms in total. The summed E-state index contributed by atoms with van der Waals surface area (Å²) in [5, 5.41) is 5.29. The van der Waals surface area contributed by atoms with Gasteiger partial charge in [0, 0.05) is 12.1 Å². The van der Waals surface area contributed by atoms with Crippen LogP contribution in [0.4, 0.5) is 0 Å². The van der Waals surface area contributed by atoms with Crippen molar-refractivity contribution in [2.75, 3.05) is 0 Å². The van der Waals surface area contributed by atoms with E-state index < -0.39 is 0 Å². The maximum Gasteiger partial charge on any atom is 0.0732 e. The summed E-state index contributed by atoms with van der Waals surface area (Å²) in [7, 11) is 0. The Labute approximate surface area is 76.3 Å². The largest absolute Gasteiger partial charge is 0.298 e. The summed E-state index contributed by atoms with van der Waals surface area (Å²) in [6.45, 7) is 10.6. The van der Waals surface area contributed by atoms with Crippen LogP contribution in [0.5, 0.6) is 0 Å². The van der Waals surface area contributed by atoms with Crippen molar-refractivity contribution >= 4 is 0 Å². The van der Waals surface area contributed by atoms with Gasteiger partial charge in [-0.3, -0.25) is 11.2 Å². The summed E-state index contributed by atoms with van der Waals surface area (Å²) < 4.78 is 0. The van der Waals surface area contributed by atoms with Gasteiger partial charge in [0.15, 0.2) is 0 Å². The monoisotopic (exact) mass is 173 g/mol. The Morgan fingerprint density at radius 1 is 1.25 bits per heavy atom. The molecule has 1 atom stereocenters. The molecule has 3 N–H and O–H groups in total. The molecule has 12 heavy (non-hydrogen) atoms. The molecule has 0 aliphatic heterocycles. The van der Waals surface area contributed by atoms with Crippen LogP contribution in [-0.2, 0) is 0 Å². The van der Waals surface area contributed by atoms with Crippen LogP contribution >= 0.6 is 0 Å². The van der Waals surface area contributed by atoms with Gasteiger partial charge in [-0.15, -0.1) is 0 Å². The molecule has 0 saturated heterocycles. The van der Waals surface area contributed by atoms with Gasteiger partial charge in [-0.1, -0.05) is 6.92 Å². The van der Waals surface area contributed by atoms with E-state index >= 15 is 0 Å². The molecule has 0 heterocycles. The maximum absolute atomic E-state index is 5.89. The highest BCUT2D eigenvalue weighted by atomic mass is 15.5. The van der Waals surface area contributed by atoms with Gasteiger partial charge in [0.05, 0.1) is 6.17 Å². The van der Waals surface area contributed by atoms with Crippen molar-refractivity contribution in [2.45, 2.75) is 59.3 Å². The van der Waals surface area contributed by atoms with E-state index in [9.17, 15) is 0 Å². The number of rotatable bonds is 5. The fourth-order valence-corrected chi connectivity index (χ4v) is 1.16. The SMILES string of the molecule is CCC(NC(C)C)N(N)C(C)C. The second-order valence-electron chi connectivity index (χ2n) is 3.79. The lowest BCUT2D eigenvalue weighted by molar-refractivity contribution is 0.117. The number of nitrogens with one attached hydrogen (secondary N) is 1. The van der Waals surface area contributed by atoms with E-state index in [0.29, 0.717) is 18.2 Å². The summed E-state index contributed by atoms with van der Waals surface area (Å²) >= 11 is 0. The highest BCUT2D eigenvalue weighted by Gasteiger charge is 2.15. The third-order valence-electron chi connectivity index (χ3n) is 1.87. The standard InChI is InChI=1S/C9H23N3/c1-6-9(11-7(2)3)12(10)8(4)5/h7-9,11H,6,10H2,1-5H3. The lowest BCUT2D eigenvalue weighted by Crippen LogP contribution is -2.54. The molecule has 0 aliphatic carbocycles. The van der Waals surface area contributed by atoms with Crippen LogP contribution in [0.3, 0.4) is 0 Å². The first kappa shape index (κ1) is 11.9. The van der Waals surface area contributed by atoms with E-state index in [0.717, 1.165) is 6.42 Å². The molecule has 0 amide bonds. The molecule has 0 spiro atoms. The maximum atomic E-state index is 5.89. The highest BCUT2D eigenvalue weighted by Crippen LogP contribution is 2.01. The number of hydrazine groups is 1. The van der Waals surface area contributed by atoms with Gasteiger partial charge >= 0.3 is 0 Å². The smallest absolute Gasteiger partial charge is 0.0732 e. The van der Waals surface area contributed by atoms with E-state index in [1.54, 1.807) is 0 Å². The van der Waals surface area contributed by atoms with Crippen LogP contribution in [0.15, 0.2) is 0 Å². The summed E-state index contributed by atoms with van der Waals surface area (Å²) in [6, 6.07) is 0.876. The van der Waals surface area contributed by atoms with E-state index in [1.807, 2.05) is 5.01 Å². The summed E-state index contributed by atoms with van der Waals surface area (Å²) in [4.78, 5) is 0. The van der Waals surface area contributed by atoms with E-state index in [4.69, 9.17) is 5.84 Å². The van der Waals surface area contributed by atoms with Crippen molar-refractivity contribution < 1.29 is 0 Å². The van der Waals surface area contributed by atoms with Crippen LogP contribution in [0.2, 0.25) is 0 Å². The first-order chi connectivity index (χ1) is 5.49. The van der Waals surface area contributed by atoms with E-state index in [1.165, 1.54) is 0 Å². The fraction of sp³-hybridized carbons (Fsp3) is 1.00. The second-order valence-corrected chi connectivity index (χ2v) is 3.79. The van der Waals surface area contributed by atoms with Gasteiger partial charge in [-0.05, 0) is 34.1 Å². The predicted octanol–water partition coefficient (Wildman–Crippen LogP) is 1.30. The average Bonchev–Trinajstić information content (AvgIpc) is 1.98. The number of nitrogens with zero attached hydrogens (tertiary/aromatic N) is 1. The van der Waals surface area contributed by atoms with E-state index in [2.05, 4.69) is 39.9 Å². The van der Waals surface area contributed by atoms with Crippen molar-refractivity contribution in [3.8, 4) is 0 Å². The Balaban J connectivity index is 3.96. The van der Waals surface area contributed by atoms with Gasteiger partial charge in [0.2, 0.25) is 0 Å². The Morgan fingerprint density at radius 2 is 1.75 bits per heavy atom. The van der Waals surface area contributed by atoms with Gasteiger partial charge in [-0.25, -0.2) is 5.01 Å². The molecule has 3 heteroatoms. The highest BCUT2D eigenvalue weighted by molar-refractivity contribution is 4.68. The molecule has 0 aliphatic rings. The molecule has 0 saturated carbocycles. The summed E-state index contributed by atoms with van der Waals surface area (Å²) in [5.74, 6) is 5.89. The van der Waals surface area contributed by atoms with Crippen molar-refractivity contribution in [3.63, 3.8) is 0 Å². The van der Waals surface area contributed by atoms with Crippen LogP contribution in [0.25, 0.3) is 0 Å². The van der Waals surface area contributed by atoms with Gasteiger partial charge in [0.1, 0.15) is 0 Å². The Kier molecular flexibility index (Phi) is 5.46. The second kappa shape index (κ2) is 5.51. The molecule has 0 aromatic rings. The van der Waals surface area contributed by atoms with Crippen molar-refractivity contribution in [2.24, 2.45) is 5.84 Å². The summed E-state index contributed by atoms with van der Waals surface area (Å²) in [6.07, 6.45) is 1.33. The molecule has 0 rings (SSSR count). The molecule has 0 aromatic heterocycles. The molecule has 1 unspecified atom stereocenters. The van der Waals surface area contributed by atoms with Crippen molar-refractivity contribution in [1.29, 1.82) is 0 Å². The molecule has 0 bridgehead atoms. The molecule has 0 aromatic carbocycles. The molecule has 0 radical (unpaired) electrons. The number of nitrogens with two attached hydrogens (primary N) is 1. The molecular weight excluding hydrogens is 150 g/mol. The molecular formula is C9H23N3. The summed E-state index contributed by atoms with van der Waals surface area (Å²) in [5.41, 5.74) is 0. The number of hydrogen-bond donors (Lipinski definition) is 2.